The predicted molar refractivity (Wildman–Crippen MR) is 112 cm³/mol. The number of anilines is 1. The fraction of sp³-hybridized carbons (Fsp3) is 0.435. The Balaban J connectivity index is 1.47. The van der Waals surface area contributed by atoms with E-state index in [2.05, 4.69) is 5.32 Å². The molecule has 0 unspecified atom stereocenters. The molecule has 1 heterocycles. The first kappa shape index (κ1) is 22.0. The van der Waals surface area contributed by atoms with E-state index in [1.165, 1.54) is 25.3 Å². The molecule has 166 valence electrons. The summed E-state index contributed by atoms with van der Waals surface area (Å²) in [5.74, 6) is -0.741. The van der Waals surface area contributed by atoms with Gasteiger partial charge in [-0.3, -0.25) is 4.79 Å². The van der Waals surface area contributed by atoms with Crippen molar-refractivity contribution < 1.29 is 28.2 Å². The van der Waals surface area contributed by atoms with Crippen molar-refractivity contribution in [2.75, 3.05) is 19.0 Å². The van der Waals surface area contributed by atoms with Gasteiger partial charge in [0.15, 0.2) is 0 Å². The Morgan fingerprint density at radius 1 is 1.10 bits per heavy atom. The monoisotopic (exact) mass is 451 g/mol. The van der Waals surface area contributed by atoms with E-state index < -0.39 is 22.8 Å². The molecule has 1 saturated carbocycles. The Labute approximate surface area is 184 Å². The molecule has 0 atom stereocenters. The molecule has 31 heavy (non-hydrogen) atoms. The number of methoxy groups -OCH3 is 1. The lowest BCUT2D eigenvalue weighted by atomic mass is 9.73. The second-order valence-corrected chi connectivity index (χ2v) is 8.72. The predicted octanol–water partition coefficient (Wildman–Crippen LogP) is 4.73. The normalized spacial score (nSPS) is 25.6. The third-order valence-electron chi connectivity index (χ3n) is 6.38. The van der Waals surface area contributed by atoms with Crippen molar-refractivity contribution in [3.63, 3.8) is 0 Å². The van der Waals surface area contributed by atoms with Gasteiger partial charge in [0, 0.05) is 29.7 Å². The summed E-state index contributed by atoms with van der Waals surface area (Å²) in [6, 6.07) is 7.27. The Kier molecular flexibility index (Phi) is 5.94. The largest absolute Gasteiger partial charge is 0.490 e. The van der Waals surface area contributed by atoms with E-state index in [0.29, 0.717) is 54.0 Å². The fourth-order valence-electron chi connectivity index (χ4n) is 4.48. The highest BCUT2D eigenvalue weighted by Gasteiger charge is 2.45. The topological polar surface area (TPSA) is 67.8 Å². The van der Waals surface area contributed by atoms with Crippen molar-refractivity contribution in [2.24, 2.45) is 0 Å². The zero-order valence-corrected chi connectivity index (χ0v) is 17.9. The second kappa shape index (κ2) is 8.37. The fourth-order valence-corrected chi connectivity index (χ4v) is 4.64. The standard InChI is InChI=1S/C23H24ClF2NO4/c1-30-23(16-4-2-14(24)12-18(16)26)10-8-22(29,9-11-23)13-31-19-6-5-17(25)21-15(19)3-7-20(28)27-21/h2,4-6,12,29H,3,7-11,13H2,1H3,(H,27,28)/t22-,23+. The Morgan fingerprint density at radius 2 is 1.84 bits per heavy atom. The molecule has 0 aromatic heterocycles. The highest BCUT2D eigenvalue weighted by molar-refractivity contribution is 6.30. The van der Waals surface area contributed by atoms with Crippen LogP contribution in [0.25, 0.3) is 0 Å². The number of halogens is 3. The van der Waals surface area contributed by atoms with Crippen LogP contribution in [0.4, 0.5) is 14.5 Å². The zero-order valence-electron chi connectivity index (χ0n) is 17.1. The van der Waals surface area contributed by atoms with Crippen molar-refractivity contribution >= 4 is 23.2 Å². The number of ether oxygens (including phenoxy) is 2. The summed E-state index contributed by atoms with van der Waals surface area (Å²) < 4.78 is 40.2. The molecule has 4 rings (SSSR count). The minimum atomic E-state index is -1.13. The molecule has 1 aliphatic heterocycles. The van der Waals surface area contributed by atoms with Crippen LogP contribution >= 0.6 is 11.6 Å². The molecule has 2 aromatic carbocycles. The average Bonchev–Trinajstić information content (AvgIpc) is 2.75. The summed E-state index contributed by atoms with van der Waals surface area (Å²) in [7, 11) is 1.54. The van der Waals surface area contributed by atoms with Crippen molar-refractivity contribution in [2.45, 2.75) is 49.7 Å². The molecular formula is C23H24ClF2NO4. The minimum Gasteiger partial charge on any atom is -0.490 e. The van der Waals surface area contributed by atoms with E-state index in [1.54, 1.807) is 12.1 Å². The van der Waals surface area contributed by atoms with Crippen LogP contribution in [0.2, 0.25) is 5.02 Å². The minimum absolute atomic E-state index is 0.00190. The summed E-state index contributed by atoms with van der Waals surface area (Å²) in [6.45, 7) is 0.00190. The molecule has 2 N–H and O–H groups in total. The average molecular weight is 452 g/mol. The van der Waals surface area contributed by atoms with Crippen LogP contribution in [0.5, 0.6) is 5.75 Å². The summed E-state index contributed by atoms with van der Waals surface area (Å²) in [6.07, 6.45) is 2.10. The number of hydrogen-bond acceptors (Lipinski definition) is 4. The molecular weight excluding hydrogens is 428 g/mol. The summed E-state index contributed by atoms with van der Waals surface area (Å²) >= 11 is 5.87. The Hall–Kier alpha value is -2.22. The lowest BCUT2D eigenvalue weighted by Crippen LogP contribution is -2.46. The highest BCUT2D eigenvalue weighted by Crippen LogP contribution is 2.45. The summed E-state index contributed by atoms with van der Waals surface area (Å²) in [5, 5.41) is 13.9. The van der Waals surface area contributed by atoms with Gasteiger partial charge in [-0.15, -0.1) is 0 Å². The molecule has 0 spiro atoms. The van der Waals surface area contributed by atoms with E-state index in [9.17, 15) is 18.7 Å². The van der Waals surface area contributed by atoms with Crippen molar-refractivity contribution in [3.05, 3.63) is 58.1 Å². The highest BCUT2D eigenvalue weighted by atomic mass is 35.5. The molecule has 0 bridgehead atoms. The Morgan fingerprint density at radius 3 is 2.52 bits per heavy atom. The third-order valence-corrected chi connectivity index (χ3v) is 6.62. The maximum Gasteiger partial charge on any atom is 0.224 e. The number of hydrogen-bond donors (Lipinski definition) is 2. The van der Waals surface area contributed by atoms with Crippen LogP contribution in [0.3, 0.4) is 0 Å². The number of aliphatic hydroxyl groups is 1. The van der Waals surface area contributed by atoms with E-state index >= 15 is 0 Å². The first-order chi connectivity index (χ1) is 14.8. The third kappa shape index (κ3) is 4.27. The van der Waals surface area contributed by atoms with E-state index in [-0.39, 0.29) is 24.6 Å². The SMILES string of the molecule is CO[C@]1(c2ccc(Cl)cc2F)CC[C@@](O)(COc2ccc(F)c3c2CCC(=O)N3)CC1. The molecule has 0 saturated heterocycles. The van der Waals surface area contributed by atoms with Crippen LogP contribution < -0.4 is 10.1 Å². The zero-order chi connectivity index (χ0) is 22.2. The van der Waals surface area contributed by atoms with Crippen LogP contribution in [-0.2, 0) is 21.6 Å². The summed E-state index contributed by atoms with van der Waals surface area (Å²) in [4.78, 5) is 11.6. The lowest BCUT2D eigenvalue weighted by Gasteiger charge is -2.43. The number of nitrogens with one attached hydrogen (secondary N) is 1. The smallest absolute Gasteiger partial charge is 0.224 e. The van der Waals surface area contributed by atoms with Crippen LogP contribution in [0.1, 0.15) is 43.2 Å². The van der Waals surface area contributed by atoms with Gasteiger partial charge in [-0.1, -0.05) is 17.7 Å². The van der Waals surface area contributed by atoms with Crippen LogP contribution in [0.15, 0.2) is 30.3 Å². The van der Waals surface area contributed by atoms with Gasteiger partial charge < -0.3 is 19.9 Å². The maximum absolute atomic E-state index is 14.5. The molecule has 1 fully saturated rings. The number of carbonyl (C=O) groups excluding carboxylic acids is 1. The number of amides is 1. The van der Waals surface area contributed by atoms with Gasteiger partial charge in [0.2, 0.25) is 5.91 Å². The molecule has 5 nitrogen and oxygen atoms in total. The van der Waals surface area contributed by atoms with Gasteiger partial charge >= 0.3 is 0 Å². The van der Waals surface area contributed by atoms with Crippen molar-refractivity contribution in [1.82, 2.24) is 0 Å². The van der Waals surface area contributed by atoms with E-state index in [0.717, 1.165) is 0 Å². The van der Waals surface area contributed by atoms with E-state index in [1.807, 2.05) is 0 Å². The van der Waals surface area contributed by atoms with Gasteiger partial charge in [0.1, 0.15) is 24.0 Å². The first-order valence-electron chi connectivity index (χ1n) is 10.2. The lowest BCUT2D eigenvalue weighted by molar-refractivity contribution is -0.118. The maximum atomic E-state index is 14.5. The molecule has 1 amide bonds. The van der Waals surface area contributed by atoms with Gasteiger partial charge in [-0.05, 0) is 56.4 Å². The number of rotatable bonds is 5. The van der Waals surface area contributed by atoms with Gasteiger partial charge in [0.25, 0.3) is 0 Å². The summed E-state index contributed by atoms with van der Waals surface area (Å²) in [5.41, 5.74) is -0.829. The quantitative estimate of drug-likeness (QED) is 0.689. The molecule has 0 radical (unpaired) electrons. The second-order valence-electron chi connectivity index (χ2n) is 8.28. The van der Waals surface area contributed by atoms with E-state index in [4.69, 9.17) is 21.1 Å². The molecule has 1 aliphatic carbocycles. The number of benzene rings is 2. The molecule has 8 heteroatoms. The van der Waals surface area contributed by atoms with Crippen LogP contribution in [0, 0.1) is 11.6 Å². The van der Waals surface area contributed by atoms with Gasteiger partial charge in [-0.25, -0.2) is 8.78 Å². The molecule has 2 aromatic rings. The number of carbonyl (C=O) groups is 1. The first-order valence-corrected chi connectivity index (χ1v) is 10.6. The molecule has 2 aliphatic rings. The van der Waals surface area contributed by atoms with Crippen molar-refractivity contribution in [1.29, 1.82) is 0 Å². The van der Waals surface area contributed by atoms with Crippen molar-refractivity contribution in [3.8, 4) is 5.75 Å². The number of fused-ring (bicyclic) bond motifs is 1. The van der Waals surface area contributed by atoms with Gasteiger partial charge in [0.05, 0.1) is 16.9 Å². The van der Waals surface area contributed by atoms with Gasteiger partial charge in [-0.2, -0.15) is 0 Å². The Bertz CT molecular complexity index is 1010. The van der Waals surface area contributed by atoms with Crippen LogP contribution in [-0.4, -0.2) is 30.3 Å².